The van der Waals surface area contributed by atoms with E-state index in [2.05, 4.69) is 181 Å². The van der Waals surface area contributed by atoms with E-state index in [0.717, 1.165) is 85.7 Å². The minimum Gasteiger partial charge on any atom is -0.644 e. The Bertz CT molecular complexity index is 2680. The zero-order valence-electron chi connectivity index (χ0n) is 42.3. The van der Waals surface area contributed by atoms with Crippen LogP contribution in [0.25, 0.3) is 11.4 Å². The summed E-state index contributed by atoms with van der Waals surface area (Å²) in [7, 11) is 8.29. The fourth-order valence-corrected chi connectivity index (χ4v) is 9.57. The zero-order chi connectivity index (χ0) is 48.1. The number of aromatic nitrogens is 4. The Hall–Kier alpha value is -5.39. The molecule has 0 unspecified atom stereocenters. The monoisotopic (exact) mass is 1060 g/mol. The number of benzene rings is 4. The molecule has 6 heterocycles. The molecule has 0 amide bonds. The van der Waals surface area contributed by atoms with Gasteiger partial charge < -0.3 is 39.4 Å². The first kappa shape index (κ1) is 51.5. The standard InChI is InChI=1S/C44H37N4O.C9H21N3.C7H8.Gd/c1-24-20-26(3)40(27(4)21-24)43-36-14-12-32(45-36)33-13-15-37(46-33)44(41-28(5)22-25(2)23-29(41)6)39-19-17-35(48-39)42(34-16-18-38(43)47-34)30-8-10-31(49-7)11-9-30;1-10-4-6-11(2)8-9-12(3)7-5-10;1-7-5-3-2-4-6-7;/h8-23H,1-7H3;4-9H2,1-3H3;2-6H,1H3;/q-1;;;. The molecule has 0 atom stereocenters. The van der Waals surface area contributed by atoms with E-state index >= 15 is 0 Å². The maximum atomic E-state index is 5.52. The van der Waals surface area contributed by atoms with E-state index in [9.17, 15) is 0 Å². The molecule has 8 nitrogen and oxygen atoms in total. The summed E-state index contributed by atoms with van der Waals surface area (Å²) in [4.78, 5) is 28.4. The van der Waals surface area contributed by atoms with E-state index in [1.165, 1.54) is 78.2 Å². The summed E-state index contributed by atoms with van der Waals surface area (Å²) >= 11 is 0. The molecule has 8 aromatic rings. The van der Waals surface area contributed by atoms with E-state index in [1.54, 1.807) is 7.11 Å². The topological polar surface area (TPSA) is 75.4 Å². The molecule has 1 fully saturated rings. The Labute approximate surface area is 444 Å². The Morgan fingerprint density at radius 1 is 0.391 bits per heavy atom. The number of rotatable bonds is 4. The van der Waals surface area contributed by atoms with Crippen LogP contribution in [0.4, 0.5) is 0 Å². The van der Waals surface area contributed by atoms with Crippen molar-refractivity contribution < 1.29 is 44.7 Å². The molecule has 69 heavy (non-hydrogen) atoms. The molecule has 4 aromatic carbocycles. The zero-order valence-corrected chi connectivity index (χ0v) is 44.5. The Kier molecular flexibility index (Phi) is 17.2. The fourth-order valence-electron chi connectivity index (χ4n) is 9.57. The van der Waals surface area contributed by atoms with Gasteiger partial charge in [0.25, 0.3) is 0 Å². The Morgan fingerprint density at radius 3 is 1.06 bits per heavy atom. The first-order valence-corrected chi connectivity index (χ1v) is 23.8. The third-order valence-electron chi connectivity index (χ3n) is 13.1. The summed E-state index contributed by atoms with van der Waals surface area (Å²) in [5, 5.41) is 0. The van der Waals surface area contributed by atoms with Gasteiger partial charge in [0, 0.05) is 168 Å². The average molecular weight is 1060 g/mol. The van der Waals surface area contributed by atoms with Gasteiger partial charge in [-0.25, -0.2) is 0 Å². The molecule has 10 rings (SSSR count). The molecule has 0 aliphatic carbocycles. The number of fused-ring (bicyclic) bond motifs is 9. The van der Waals surface area contributed by atoms with Crippen molar-refractivity contribution in [2.75, 3.05) is 67.5 Å². The summed E-state index contributed by atoms with van der Waals surface area (Å²) in [5.41, 5.74) is 18.7. The van der Waals surface area contributed by atoms with Gasteiger partial charge >= 0.3 is 0 Å². The normalized spacial score (nSPS) is 14.4. The molecule has 356 valence electrons. The second-order valence-electron chi connectivity index (χ2n) is 18.8. The fraction of sp³-hybridized carbons (Fsp3) is 0.283. The summed E-state index contributed by atoms with van der Waals surface area (Å²) in [6, 6.07) is 44.2. The summed E-state index contributed by atoms with van der Waals surface area (Å²) in [5.74, 6) is 3.78. The number of likely N-dealkylation sites (N-methyl/N-ethyl adjacent to an activating group) is 3. The molecule has 0 saturated carbocycles. The van der Waals surface area contributed by atoms with Gasteiger partial charge in [0.05, 0.1) is 23.8 Å². The molecule has 2 aliphatic heterocycles. The first-order valence-electron chi connectivity index (χ1n) is 23.8. The summed E-state index contributed by atoms with van der Waals surface area (Å²) in [6.07, 6.45) is 0. The van der Waals surface area contributed by atoms with E-state index in [1.807, 2.05) is 30.3 Å². The van der Waals surface area contributed by atoms with Gasteiger partial charge in [0.1, 0.15) is 5.75 Å². The van der Waals surface area contributed by atoms with Crippen LogP contribution >= 0.6 is 0 Å². The largest absolute Gasteiger partial charge is 0.644 e. The Morgan fingerprint density at radius 2 is 0.725 bits per heavy atom. The maximum Gasteiger partial charge on any atom is 0.134 e. The molecule has 0 N–H and O–H groups in total. The second-order valence-corrected chi connectivity index (χ2v) is 18.8. The van der Waals surface area contributed by atoms with Crippen LogP contribution in [0, 0.1) is 106 Å². The van der Waals surface area contributed by atoms with Crippen LogP contribution in [0.3, 0.4) is 0 Å². The first-order chi connectivity index (χ1) is 32.8. The van der Waals surface area contributed by atoms with Crippen LogP contribution in [-0.4, -0.2) is 82.2 Å². The van der Waals surface area contributed by atoms with E-state index in [4.69, 9.17) is 24.7 Å². The van der Waals surface area contributed by atoms with E-state index < -0.39 is 0 Å². The molecule has 0 spiro atoms. The number of hydrogen-bond donors (Lipinski definition) is 0. The molecule has 2 aliphatic rings. The van der Waals surface area contributed by atoms with Crippen molar-refractivity contribution in [1.82, 2.24) is 34.6 Å². The number of ether oxygens (including phenoxy) is 1. The van der Waals surface area contributed by atoms with Gasteiger partial charge in [-0.2, -0.15) is 0 Å². The van der Waals surface area contributed by atoms with Crippen LogP contribution in [-0.2, 0) is 0 Å². The number of nitrogens with zero attached hydrogens (tertiary/aromatic N) is 7. The van der Waals surface area contributed by atoms with Crippen molar-refractivity contribution >= 4 is 0 Å². The molecule has 4 aromatic heterocycles. The maximum absolute atomic E-state index is 5.52. The molecule has 9 heteroatoms. The van der Waals surface area contributed by atoms with Crippen molar-refractivity contribution in [3.63, 3.8) is 0 Å². The van der Waals surface area contributed by atoms with Crippen molar-refractivity contribution in [2.45, 2.75) is 48.5 Å². The van der Waals surface area contributed by atoms with Gasteiger partial charge in [-0.1, -0.05) is 47.3 Å². The molecular weight excluding hydrogens is 992 g/mol. The van der Waals surface area contributed by atoms with E-state index in [-0.39, 0.29) is 39.9 Å². The summed E-state index contributed by atoms with van der Waals surface area (Å²) < 4.78 is 5.52. The molecule has 1 saturated heterocycles. The van der Waals surface area contributed by atoms with Gasteiger partial charge in [-0.3, -0.25) is 0 Å². The third kappa shape index (κ3) is 12.1. The van der Waals surface area contributed by atoms with Crippen LogP contribution in [0.15, 0.2) is 127 Å². The van der Waals surface area contributed by atoms with Crippen molar-refractivity contribution in [3.05, 3.63) is 235 Å². The predicted octanol–water partition coefficient (Wildman–Crippen LogP) is 10.2. The molecular formula is C60H66GdN7O-. The smallest absolute Gasteiger partial charge is 0.134 e. The van der Waals surface area contributed by atoms with Gasteiger partial charge in [0.2, 0.25) is 0 Å². The van der Waals surface area contributed by atoms with Crippen molar-refractivity contribution in [1.29, 1.82) is 0 Å². The average Bonchev–Trinajstić information content (AvgIpc) is 4.16. The predicted molar refractivity (Wildman–Crippen MR) is 278 cm³/mol. The Balaban J connectivity index is 0.000000293. The minimum atomic E-state index is 0. The van der Waals surface area contributed by atoms with Crippen LogP contribution < -0.4 is 24.7 Å². The molecule has 8 bridgehead atoms. The van der Waals surface area contributed by atoms with Crippen molar-refractivity contribution in [2.24, 2.45) is 0 Å². The molecule has 0 radical (unpaired) electrons. The van der Waals surface area contributed by atoms with Crippen molar-refractivity contribution in [3.8, 4) is 17.1 Å². The number of methoxy groups -OCH3 is 1. The number of hydrogen-bond acceptors (Lipinski definition) is 4. The second kappa shape index (κ2) is 23.0. The van der Waals surface area contributed by atoms with Gasteiger partial charge in [-0.05, 0) is 152 Å². The quantitative estimate of drug-likeness (QED) is 0.162. The van der Waals surface area contributed by atoms with E-state index in [0.29, 0.717) is 0 Å². The van der Waals surface area contributed by atoms with Crippen LogP contribution in [0.2, 0.25) is 0 Å². The van der Waals surface area contributed by atoms with Crippen LogP contribution in [0.5, 0.6) is 5.75 Å². The van der Waals surface area contributed by atoms with Gasteiger partial charge in [0.15, 0.2) is 0 Å². The minimum absolute atomic E-state index is 0. The van der Waals surface area contributed by atoms with Gasteiger partial charge in [-0.15, -0.1) is 11.4 Å². The van der Waals surface area contributed by atoms with Crippen LogP contribution in [0.1, 0.15) is 89.8 Å². The SMILES string of the molecule is CN1CCN(C)CCN(C)CC1.COc1ccc([C+]2c3ccc([n-]3)[C+](c3c(C)cc(C)cc3C)c3ccc([n-]3)-c3ccc([n-]3)[C+](c3c(C)cc(C)cc3C)c3ccc2[n-]3)cc1.Cc1ccccc1.[Gd]. The number of aryl methyl sites for hydroxylation is 7. The third-order valence-corrected chi connectivity index (χ3v) is 13.1. The summed E-state index contributed by atoms with van der Waals surface area (Å²) in [6.45, 7) is 22.3.